The molecule has 4 heteroatoms. The molecule has 0 heterocycles. The SMILES string of the molecule is CCC(=O)c1ccc(S(=O)(=O)Cc2cc(C)ccc2C)cc1. The van der Waals surface area contributed by atoms with Crippen LogP contribution in [-0.4, -0.2) is 14.2 Å². The van der Waals surface area contributed by atoms with E-state index in [1.54, 1.807) is 19.1 Å². The van der Waals surface area contributed by atoms with Crippen molar-refractivity contribution in [3.05, 3.63) is 64.7 Å². The van der Waals surface area contributed by atoms with Crippen molar-refractivity contribution in [2.45, 2.75) is 37.8 Å². The molecule has 0 aliphatic rings. The van der Waals surface area contributed by atoms with E-state index in [4.69, 9.17) is 0 Å². The highest BCUT2D eigenvalue weighted by molar-refractivity contribution is 7.90. The van der Waals surface area contributed by atoms with Crippen LogP contribution in [0.5, 0.6) is 0 Å². The maximum atomic E-state index is 12.5. The molecule has 0 saturated heterocycles. The van der Waals surface area contributed by atoms with Gasteiger partial charge >= 0.3 is 0 Å². The molecule has 22 heavy (non-hydrogen) atoms. The molecule has 0 saturated carbocycles. The zero-order chi connectivity index (χ0) is 16.3. The van der Waals surface area contributed by atoms with Crippen molar-refractivity contribution in [3.63, 3.8) is 0 Å². The highest BCUT2D eigenvalue weighted by Crippen LogP contribution is 2.20. The molecule has 0 aromatic heterocycles. The van der Waals surface area contributed by atoms with Crippen LogP contribution in [-0.2, 0) is 15.6 Å². The van der Waals surface area contributed by atoms with Crippen LogP contribution in [0.3, 0.4) is 0 Å². The quantitative estimate of drug-likeness (QED) is 0.787. The summed E-state index contributed by atoms with van der Waals surface area (Å²) in [5, 5.41) is 0. The molecule has 2 aromatic carbocycles. The fourth-order valence-corrected chi connectivity index (χ4v) is 3.73. The topological polar surface area (TPSA) is 51.2 Å². The van der Waals surface area contributed by atoms with Crippen molar-refractivity contribution in [2.75, 3.05) is 0 Å². The first-order valence-electron chi connectivity index (χ1n) is 7.25. The van der Waals surface area contributed by atoms with Crippen LogP contribution in [0, 0.1) is 13.8 Å². The van der Waals surface area contributed by atoms with E-state index in [9.17, 15) is 13.2 Å². The van der Waals surface area contributed by atoms with E-state index >= 15 is 0 Å². The minimum atomic E-state index is -3.41. The van der Waals surface area contributed by atoms with Gasteiger partial charge < -0.3 is 0 Å². The molecule has 0 N–H and O–H groups in total. The van der Waals surface area contributed by atoms with Gasteiger partial charge in [-0.1, -0.05) is 42.8 Å². The monoisotopic (exact) mass is 316 g/mol. The third kappa shape index (κ3) is 3.63. The molecule has 0 spiro atoms. The van der Waals surface area contributed by atoms with Crippen LogP contribution in [0.2, 0.25) is 0 Å². The van der Waals surface area contributed by atoms with Crippen molar-refractivity contribution >= 4 is 15.6 Å². The number of benzene rings is 2. The zero-order valence-corrected chi connectivity index (χ0v) is 13.9. The minimum Gasteiger partial charge on any atom is -0.294 e. The van der Waals surface area contributed by atoms with Crippen LogP contribution in [0.25, 0.3) is 0 Å². The van der Waals surface area contributed by atoms with Crippen LogP contribution in [0.1, 0.15) is 40.4 Å². The van der Waals surface area contributed by atoms with Crippen molar-refractivity contribution < 1.29 is 13.2 Å². The van der Waals surface area contributed by atoms with Gasteiger partial charge in [0.2, 0.25) is 0 Å². The Balaban J connectivity index is 2.30. The number of aryl methyl sites for hydroxylation is 2. The van der Waals surface area contributed by atoms with E-state index in [2.05, 4.69) is 0 Å². The maximum Gasteiger partial charge on any atom is 0.182 e. The van der Waals surface area contributed by atoms with Crippen LogP contribution < -0.4 is 0 Å². The molecule has 0 radical (unpaired) electrons. The summed E-state index contributed by atoms with van der Waals surface area (Å²) in [5.74, 6) is -0.0137. The van der Waals surface area contributed by atoms with E-state index < -0.39 is 9.84 Å². The maximum absolute atomic E-state index is 12.5. The summed E-state index contributed by atoms with van der Waals surface area (Å²) in [7, 11) is -3.41. The van der Waals surface area contributed by atoms with Crippen molar-refractivity contribution in [1.29, 1.82) is 0 Å². The predicted octanol–water partition coefficient (Wildman–Crippen LogP) is 3.87. The fourth-order valence-electron chi connectivity index (χ4n) is 2.30. The Kier molecular flexibility index (Phi) is 4.81. The van der Waals surface area contributed by atoms with Gasteiger partial charge in [-0.05, 0) is 37.1 Å². The molecule has 0 aliphatic carbocycles. The molecule has 3 nitrogen and oxygen atoms in total. The Morgan fingerprint density at radius 3 is 2.23 bits per heavy atom. The molecule has 0 aliphatic heterocycles. The highest BCUT2D eigenvalue weighted by atomic mass is 32.2. The third-order valence-electron chi connectivity index (χ3n) is 3.71. The van der Waals surface area contributed by atoms with Gasteiger partial charge in [0, 0.05) is 12.0 Å². The van der Waals surface area contributed by atoms with Gasteiger partial charge in [-0.25, -0.2) is 8.42 Å². The van der Waals surface area contributed by atoms with Gasteiger partial charge in [-0.2, -0.15) is 0 Å². The van der Waals surface area contributed by atoms with Crippen LogP contribution >= 0.6 is 0 Å². The Morgan fingerprint density at radius 2 is 1.64 bits per heavy atom. The number of Topliss-reactive ketones (excluding diaryl/α,β-unsaturated/α-hetero) is 1. The number of hydrogen-bond donors (Lipinski definition) is 0. The number of hydrogen-bond acceptors (Lipinski definition) is 3. The lowest BCUT2D eigenvalue weighted by atomic mass is 10.1. The number of sulfone groups is 1. The predicted molar refractivity (Wildman–Crippen MR) is 87.9 cm³/mol. The highest BCUT2D eigenvalue weighted by Gasteiger charge is 2.17. The molecule has 2 aromatic rings. The van der Waals surface area contributed by atoms with Crippen molar-refractivity contribution in [3.8, 4) is 0 Å². The molecule has 0 fully saturated rings. The minimum absolute atomic E-state index is 0.0125. The van der Waals surface area contributed by atoms with Crippen molar-refractivity contribution in [2.24, 2.45) is 0 Å². The average Bonchev–Trinajstić information content (AvgIpc) is 2.50. The molecule has 0 bridgehead atoms. The molecule has 0 atom stereocenters. The van der Waals surface area contributed by atoms with Crippen LogP contribution in [0.4, 0.5) is 0 Å². The van der Waals surface area contributed by atoms with Gasteiger partial charge in [0.25, 0.3) is 0 Å². The summed E-state index contributed by atoms with van der Waals surface area (Å²) in [6.07, 6.45) is 0.411. The molecule has 0 unspecified atom stereocenters. The van der Waals surface area contributed by atoms with Gasteiger partial charge in [0.1, 0.15) is 0 Å². The standard InChI is InChI=1S/C18H20O3S/c1-4-18(19)15-7-9-17(10-8-15)22(20,21)12-16-11-13(2)5-6-14(16)3/h5-11H,4,12H2,1-3H3. The number of ketones is 1. The number of rotatable bonds is 5. The lowest BCUT2D eigenvalue weighted by Crippen LogP contribution is -2.07. The Morgan fingerprint density at radius 1 is 1.00 bits per heavy atom. The Bertz CT molecular complexity index is 788. The second kappa shape index (κ2) is 6.44. The first kappa shape index (κ1) is 16.4. The molecule has 116 valence electrons. The van der Waals surface area contributed by atoms with Crippen LogP contribution in [0.15, 0.2) is 47.4 Å². The Hall–Kier alpha value is -1.94. The zero-order valence-electron chi connectivity index (χ0n) is 13.1. The van der Waals surface area contributed by atoms with Gasteiger partial charge in [0.05, 0.1) is 10.6 Å². The van der Waals surface area contributed by atoms with E-state index in [0.717, 1.165) is 16.7 Å². The van der Waals surface area contributed by atoms with Crippen molar-refractivity contribution in [1.82, 2.24) is 0 Å². The van der Waals surface area contributed by atoms with E-state index in [1.807, 2.05) is 32.0 Å². The van der Waals surface area contributed by atoms with E-state index in [1.165, 1.54) is 12.1 Å². The summed E-state index contributed by atoms with van der Waals surface area (Å²) in [6.45, 7) is 5.64. The first-order valence-corrected chi connectivity index (χ1v) is 8.91. The molecular formula is C18H20O3S. The third-order valence-corrected chi connectivity index (χ3v) is 5.39. The lowest BCUT2D eigenvalue weighted by molar-refractivity contribution is 0.0988. The van der Waals surface area contributed by atoms with Gasteiger partial charge in [-0.3, -0.25) is 4.79 Å². The molecular weight excluding hydrogens is 296 g/mol. The van der Waals surface area contributed by atoms with Gasteiger partial charge in [0.15, 0.2) is 15.6 Å². The average molecular weight is 316 g/mol. The van der Waals surface area contributed by atoms with E-state index in [0.29, 0.717) is 12.0 Å². The second-order valence-corrected chi connectivity index (χ2v) is 7.48. The lowest BCUT2D eigenvalue weighted by Gasteiger charge is -2.09. The molecule has 2 rings (SSSR count). The normalized spacial score (nSPS) is 11.4. The first-order chi connectivity index (χ1) is 10.3. The summed E-state index contributed by atoms with van der Waals surface area (Å²) in [5.41, 5.74) is 3.37. The summed E-state index contributed by atoms with van der Waals surface area (Å²) < 4.78 is 25.1. The number of carbonyl (C=O) groups is 1. The molecule has 0 amide bonds. The smallest absolute Gasteiger partial charge is 0.182 e. The van der Waals surface area contributed by atoms with E-state index in [-0.39, 0.29) is 16.4 Å². The summed E-state index contributed by atoms with van der Waals surface area (Å²) >= 11 is 0. The second-order valence-electron chi connectivity index (χ2n) is 5.49. The van der Waals surface area contributed by atoms with Gasteiger partial charge in [-0.15, -0.1) is 0 Å². The largest absolute Gasteiger partial charge is 0.294 e. The Labute approximate surface area is 131 Å². The number of carbonyl (C=O) groups excluding carboxylic acids is 1. The summed E-state index contributed by atoms with van der Waals surface area (Å²) in [4.78, 5) is 11.8. The summed E-state index contributed by atoms with van der Waals surface area (Å²) in [6, 6.07) is 12.0. The fraction of sp³-hybridized carbons (Fsp3) is 0.278.